The molecule has 0 spiro atoms. The van der Waals surface area contributed by atoms with Crippen molar-refractivity contribution < 1.29 is 23.1 Å². The van der Waals surface area contributed by atoms with Crippen molar-refractivity contribution in [1.82, 2.24) is 19.6 Å². The molecule has 0 amide bonds. The molecule has 1 atom stereocenters. The summed E-state index contributed by atoms with van der Waals surface area (Å²) in [7, 11) is 0. The standard InChI is InChI=1S/C10H10F3N5O2/c1-5-3-6(18-8(16-5)14-4-15-18)17-9(2,7(19)20)10(11,12)13/h3-4,17H,1-2H3,(H,19,20). The number of hydrogen-bond donors (Lipinski definition) is 2. The summed E-state index contributed by atoms with van der Waals surface area (Å²) in [5, 5.41) is 14.5. The molecule has 2 aromatic rings. The number of aliphatic carboxylic acids is 1. The molecule has 7 nitrogen and oxygen atoms in total. The minimum Gasteiger partial charge on any atom is -0.479 e. The van der Waals surface area contributed by atoms with Crippen molar-refractivity contribution >= 4 is 17.6 Å². The van der Waals surface area contributed by atoms with E-state index in [1.807, 2.05) is 5.32 Å². The van der Waals surface area contributed by atoms with Crippen LogP contribution in [-0.4, -0.2) is 42.4 Å². The van der Waals surface area contributed by atoms with Crippen molar-refractivity contribution in [3.05, 3.63) is 18.1 Å². The average molecular weight is 289 g/mol. The Bertz CT molecular complexity index is 668. The zero-order valence-corrected chi connectivity index (χ0v) is 10.4. The highest BCUT2D eigenvalue weighted by molar-refractivity contribution is 5.83. The van der Waals surface area contributed by atoms with E-state index >= 15 is 0 Å². The minimum absolute atomic E-state index is 0.0717. The number of hydrogen-bond acceptors (Lipinski definition) is 5. The van der Waals surface area contributed by atoms with Gasteiger partial charge in [-0.3, -0.25) is 0 Å². The Morgan fingerprint density at radius 3 is 2.65 bits per heavy atom. The van der Waals surface area contributed by atoms with Gasteiger partial charge in [-0.2, -0.15) is 27.8 Å². The van der Waals surface area contributed by atoms with Gasteiger partial charge in [0, 0.05) is 11.8 Å². The first kappa shape index (κ1) is 14.0. The Morgan fingerprint density at radius 2 is 2.10 bits per heavy atom. The number of nitrogens with zero attached hydrogens (tertiary/aromatic N) is 4. The minimum atomic E-state index is -5.00. The normalized spacial score (nSPS) is 15.1. The largest absolute Gasteiger partial charge is 0.479 e. The lowest BCUT2D eigenvalue weighted by Crippen LogP contribution is -2.56. The van der Waals surface area contributed by atoms with Gasteiger partial charge >= 0.3 is 12.1 Å². The van der Waals surface area contributed by atoms with E-state index in [1.165, 1.54) is 6.07 Å². The summed E-state index contributed by atoms with van der Waals surface area (Å²) in [5.41, 5.74) is -2.78. The third-order valence-electron chi connectivity index (χ3n) is 2.75. The zero-order valence-electron chi connectivity index (χ0n) is 10.4. The van der Waals surface area contributed by atoms with Crippen LogP contribution in [0.2, 0.25) is 0 Å². The highest BCUT2D eigenvalue weighted by Crippen LogP contribution is 2.33. The molecule has 0 bridgehead atoms. The van der Waals surface area contributed by atoms with E-state index in [4.69, 9.17) is 5.11 Å². The first-order valence-electron chi connectivity index (χ1n) is 5.41. The van der Waals surface area contributed by atoms with Crippen LogP contribution < -0.4 is 5.32 Å². The molecular weight excluding hydrogens is 279 g/mol. The topological polar surface area (TPSA) is 92.4 Å². The molecule has 20 heavy (non-hydrogen) atoms. The SMILES string of the molecule is Cc1cc(NC(C)(C(=O)O)C(F)(F)F)n2ncnc2n1. The fraction of sp³-hybridized carbons (Fsp3) is 0.400. The van der Waals surface area contributed by atoms with E-state index < -0.39 is 17.7 Å². The smallest absolute Gasteiger partial charge is 0.422 e. The van der Waals surface area contributed by atoms with Crippen molar-refractivity contribution in [2.75, 3.05) is 5.32 Å². The lowest BCUT2D eigenvalue weighted by molar-refractivity contribution is -0.193. The number of nitrogens with one attached hydrogen (secondary N) is 1. The molecule has 0 saturated heterocycles. The lowest BCUT2D eigenvalue weighted by Gasteiger charge is -2.29. The van der Waals surface area contributed by atoms with Gasteiger partial charge < -0.3 is 10.4 Å². The number of carboxylic acid groups (broad SMARTS) is 1. The molecule has 0 radical (unpaired) electrons. The van der Waals surface area contributed by atoms with E-state index in [2.05, 4.69) is 15.1 Å². The lowest BCUT2D eigenvalue weighted by atomic mass is 10.0. The number of aryl methyl sites for hydroxylation is 1. The highest BCUT2D eigenvalue weighted by atomic mass is 19.4. The average Bonchev–Trinajstić information content (AvgIpc) is 2.74. The van der Waals surface area contributed by atoms with Crippen LogP contribution in [0.15, 0.2) is 12.4 Å². The molecule has 0 aliphatic rings. The van der Waals surface area contributed by atoms with Crippen LogP contribution in [0.5, 0.6) is 0 Å². The maximum Gasteiger partial charge on any atom is 0.422 e. The van der Waals surface area contributed by atoms with Gasteiger partial charge in [0.05, 0.1) is 0 Å². The van der Waals surface area contributed by atoms with E-state index in [1.54, 1.807) is 6.92 Å². The van der Waals surface area contributed by atoms with Crippen LogP contribution in [-0.2, 0) is 4.79 Å². The van der Waals surface area contributed by atoms with Crippen LogP contribution in [0.4, 0.5) is 19.0 Å². The molecule has 2 rings (SSSR count). The van der Waals surface area contributed by atoms with Gasteiger partial charge in [-0.05, 0) is 13.8 Å². The summed E-state index contributed by atoms with van der Waals surface area (Å²) >= 11 is 0. The van der Waals surface area contributed by atoms with Crippen molar-refractivity contribution in [1.29, 1.82) is 0 Å². The van der Waals surface area contributed by atoms with Gasteiger partial charge in [-0.25, -0.2) is 9.78 Å². The molecule has 0 aliphatic heterocycles. The summed E-state index contributed by atoms with van der Waals surface area (Å²) in [6.07, 6.45) is -3.89. The molecule has 2 heterocycles. The monoisotopic (exact) mass is 289 g/mol. The summed E-state index contributed by atoms with van der Waals surface area (Å²) < 4.78 is 39.9. The van der Waals surface area contributed by atoms with Gasteiger partial charge in [0.15, 0.2) is 0 Å². The Labute approximate surface area is 110 Å². The number of carboxylic acids is 1. The molecule has 0 saturated carbocycles. The molecule has 1 unspecified atom stereocenters. The van der Waals surface area contributed by atoms with E-state index in [9.17, 15) is 18.0 Å². The molecular formula is C10H10F3N5O2. The number of fused-ring (bicyclic) bond motifs is 1. The second kappa shape index (κ2) is 4.32. The quantitative estimate of drug-likeness (QED) is 0.883. The molecule has 0 fully saturated rings. The van der Waals surface area contributed by atoms with Crippen LogP contribution in [0, 0.1) is 6.92 Å². The summed E-state index contributed by atoms with van der Waals surface area (Å²) in [6, 6.07) is 1.26. The zero-order chi connectivity index (χ0) is 15.1. The van der Waals surface area contributed by atoms with Gasteiger partial charge in [0.1, 0.15) is 12.1 Å². The maximum atomic E-state index is 13.0. The molecule has 2 N–H and O–H groups in total. The van der Waals surface area contributed by atoms with Crippen LogP contribution in [0.3, 0.4) is 0 Å². The van der Waals surface area contributed by atoms with Crippen molar-refractivity contribution in [2.24, 2.45) is 0 Å². The number of aromatic nitrogens is 4. The number of halogens is 3. The fourth-order valence-corrected chi connectivity index (χ4v) is 1.52. The van der Waals surface area contributed by atoms with E-state index in [0.717, 1.165) is 10.8 Å². The Hall–Kier alpha value is -2.39. The second-order valence-corrected chi connectivity index (χ2v) is 4.31. The van der Waals surface area contributed by atoms with Gasteiger partial charge in [0.2, 0.25) is 5.54 Å². The molecule has 0 aromatic carbocycles. The van der Waals surface area contributed by atoms with Gasteiger partial charge in [-0.1, -0.05) is 0 Å². The Balaban J connectivity index is 2.55. The van der Waals surface area contributed by atoms with E-state index in [0.29, 0.717) is 12.6 Å². The summed E-state index contributed by atoms with van der Waals surface area (Å²) in [5.74, 6) is -2.14. The third kappa shape index (κ3) is 2.12. The number of carbonyl (C=O) groups is 1. The molecule has 0 aliphatic carbocycles. The summed E-state index contributed by atoms with van der Waals surface area (Å²) in [6.45, 7) is 2.08. The molecule has 2 aromatic heterocycles. The Kier molecular flexibility index (Phi) is 3.03. The predicted molar refractivity (Wildman–Crippen MR) is 61.2 cm³/mol. The van der Waals surface area contributed by atoms with Crippen molar-refractivity contribution in [3.8, 4) is 0 Å². The van der Waals surface area contributed by atoms with Gasteiger partial charge in [-0.15, -0.1) is 0 Å². The fourth-order valence-electron chi connectivity index (χ4n) is 1.52. The summed E-state index contributed by atoms with van der Waals surface area (Å²) in [4.78, 5) is 18.7. The highest BCUT2D eigenvalue weighted by Gasteiger charge is 2.58. The Morgan fingerprint density at radius 1 is 1.45 bits per heavy atom. The number of alkyl halides is 3. The second-order valence-electron chi connectivity index (χ2n) is 4.31. The first-order chi connectivity index (χ1) is 9.15. The van der Waals surface area contributed by atoms with E-state index in [-0.39, 0.29) is 11.6 Å². The van der Waals surface area contributed by atoms with Crippen LogP contribution in [0.25, 0.3) is 5.78 Å². The van der Waals surface area contributed by atoms with Crippen molar-refractivity contribution in [3.63, 3.8) is 0 Å². The molecule has 10 heteroatoms. The molecule has 108 valence electrons. The van der Waals surface area contributed by atoms with Gasteiger partial charge in [0.25, 0.3) is 5.78 Å². The number of anilines is 1. The third-order valence-corrected chi connectivity index (χ3v) is 2.75. The maximum absolute atomic E-state index is 13.0. The van der Waals surface area contributed by atoms with Crippen LogP contribution in [0.1, 0.15) is 12.6 Å². The van der Waals surface area contributed by atoms with Crippen LogP contribution >= 0.6 is 0 Å². The predicted octanol–water partition coefficient (Wildman–Crippen LogP) is 1.25. The van der Waals surface area contributed by atoms with Crippen molar-refractivity contribution in [2.45, 2.75) is 25.6 Å². The first-order valence-corrected chi connectivity index (χ1v) is 5.41. The number of rotatable bonds is 3.